The molecule has 0 bridgehead atoms. The van der Waals surface area contributed by atoms with Crippen molar-refractivity contribution in [3.63, 3.8) is 0 Å². The van der Waals surface area contributed by atoms with Crippen LogP contribution in [0.3, 0.4) is 0 Å². The van der Waals surface area contributed by atoms with Crippen molar-refractivity contribution in [2.75, 3.05) is 0 Å². The molecule has 1 nitrogen and oxygen atoms in total. The van der Waals surface area contributed by atoms with E-state index in [4.69, 9.17) is 0 Å². The normalized spacial score (nSPS) is 30.1. The minimum Gasteiger partial charge on any atom is -0.294 e. The molecule has 0 spiro atoms. The fourth-order valence-corrected chi connectivity index (χ4v) is 2.64. The van der Waals surface area contributed by atoms with E-state index in [1.165, 1.54) is 0 Å². The lowest BCUT2D eigenvalue weighted by atomic mass is 9.63. The van der Waals surface area contributed by atoms with E-state index in [2.05, 4.69) is 20.1 Å². The summed E-state index contributed by atoms with van der Waals surface area (Å²) in [6.07, 6.45) is 3.78. The lowest BCUT2D eigenvalue weighted by molar-refractivity contribution is -0.122. The zero-order valence-corrected chi connectivity index (χ0v) is 10.9. The monoisotopic (exact) mass is 218 g/mol. The molecule has 0 saturated heterocycles. The molecule has 2 unspecified atom stereocenters. The second kappa shape index (κ2) is 4.40. The second-order valence-corrected chi connectivity index (χ2v) is 5.33. The molecule has 0 aliphatic heterocycles. The van der Waals surface area contributed by atoms with Gasteiger partial charge in [0.15, 0.2) is 5.78 Å². The Kier molecular flexibility index (Phi) is 3.57. The SMILES string of the molecule is C=CC1(C)CCC(=C(C)C)C(=O)C1C(=C)C. The summed E-state index contributed by atoms with van der Waals surface area (Å²) in [5.74, 6) is 0.157. The number of ketones is 1. The molecule has 1 rings (SSSR count). The summed E-state index contributed by atoms with van der Waals surface area (Å²) < 4.78 is 0. The number of hydrogen-bond acceptors (Lipinski definition) is 1. The third-order valence-corrected chi connectivity index (χ3v) is 3.70. The number of carbonyl (C=O) groups excluding carboxylic acids is 1. The van der Waals surface area contributed by atoms with Gasteiger partial charge in [0.05, 0.1) is 5.92 Å². The fourth-order valence-electron chi connectivity index (χ4n) is 2.64. The quantitative estimate of drug-likeness (QED) is 0.504. The van der Waals surface area contributed by atoms with Crippen molar-refractivity contribution in [2.24, 2.45) is 11.3 Å². The van der Waals surface area contributed by atoms with Gasteiger partial charge in [0, 0.05) is 0 Å². The first kappa shape index (κ1) is 13.0. The van der Waals surface area contributed by atoms with Gasteiger partial charge in [-0.05, 0) is 44.6 Å². The Hall–Kier alpha value is -1.11. The van der Waals surface area contributed by atoms with Gasteiger partial charge in [-0.1, -0.05) is 30.7 Å². The summed E-state index contributed by atoms with van der Waals surface area (Å²) in [6.45, 7) is 15.9. The number of rotatable bonds is 2. The van der Waals surface area contributed by atoms with E-state index in [9.17, 15) is 4.79 Å². The Morgan fingerprint density at radius 3 is 2.38 bits per heavy atom. The van der Waals surface area contributed by atoms with Crippen LogP contribution in [0.15, 0.2) is 36.0 Å². The molecule has 1 heteroatoms. The van der Waals surface area contributed by atoms with Crippen LogP contribution in [0.1, 0.15) is 40.5 Å². The van der Waals surface area contributed by atoms with Gasteiger partial charge >= 0.3 is 0 Å². The summed E-state index contributed by atoms with van der Waals surface area (Å²) >= 11 is 0. The van der Waals surface area contributed by atoms with Crippen LogP contribution < -0.4 is 0 Å². The van der Waals surface area contributed by atoms with Crippen molar-refractivity contribution in [3.8, 4) is 0 Å². The number of Topliss-reactive ketones (excluding diaryl/α,β-unsaturated/α-hetero) is 1. The van der Waals surface area contributed by atoms with Crippen LogP contribution in [-0.2, 0) is 4.79 Å². The lowest BCUT2D eigenvalue weighted by Crippen LogP contribution is -2.38. The molecule has 0 radical (unpaired) electrons. The summed E-state index contributed by atoms with van der Waals surface area (Å²) in [4.78, 5) is 12.4. The molecule has 2 atom stereocenters. The highest BCUT2D eigenvalue weighted by molar-refractivity contribution is 6.00. The van der Waals surface area contributed by atoms with Gasteiger partial charge in [0.1, 0.15) is 0 Å². The highest BCUT2D eigenvalue weighted by atomic mass is 16.1. The molecule has 0 aromatic rings. The van der Waals surface area contributed by atoms with Crippen LogP contribution in [0, 0.1) is 11.3 Å². The molecule has 1 saturated carbocycles. The van der Waals surface area contributed by atoms with Crippen molar-refractivity contribution in [2.45, 2.75) is 40.5 Å². The molecule has 16 heavy (non-hydrogen) atoms. The average Bonchev–Trinajstić information content (AvgIpc) is 2.16. The molecule has 88 valence electrons. The number of allylic oxidation sites excluding steroid dienone is 4. The second-order valence-electron chi connectivity index (χ2n) is 5.33. The molecule has 1 fully saturated rings. The zero-order valence-electron chi connectivity index (χ0n) is 10.9. The largest absolute Gasteiger partial charge is 0.294 e. The van der Waals surface area contributed by atoms with Gasteiger partial charge < -0.3 is 0 Å². The van der Waals surface area contributed by atoms with E-state index >= 15 is 0 Å². The molecule has 1 aliphatic rings. The summed E-state index contributed by atoms with van der Waals surface area (Å²) in [7, 11) is 0. The van der Waals surface area contributed by atoms with Gasteiger partial charge in [-0.3, -0.25) is 4.79 Å². The summed E-state index contributed by atoms with van der Waals surface area (Å²) in [6, 6.07) is 0. The van der Waals surface area contributed by atoms with Crippen LogP contribution in [0.5, 0.6) is 0 Å². The molecule has 1 aliphatic carbocycles. The molecule has 0 aromatic carbocycles. The Labute approximate surface area is 98.9 Å². The maximum atomic E-state index is 12.4. The van der Waals surface area contributed by atoms with Crippen LogP contribution in [0.2, 0.25) is 0 Å². The molecular weight excluding hydrogens is 196 g/mol. The zero-order chi connectivity index (χ0) is 12.5. The lowest BCUT2D eigenvalue weighted by Gasteiger charge is -2.40. The summed E-state index contributed by atoms with van der Waals surface area (Å²) in [5.41, 5.74) is 2.96. The first-order valence-electron chi connectivity index (χ1n) is 5.83. The molecular formula is C15H22O. The van der Waals surface area contributed by atoms with Crippen LogP contribution in [0.25, 0.3) is 0 Å². The third-order valence-electron chi connectivity index (χ3n) is 3.70. The number of hydrogen-bond donors (Lipinski definition) is 0. The first-order valence-corrected chi connectivity index (χ1v) is 5.83. The van der Waals surface area contributed by atoms with Crippen LogP contribution in [0.4, 0.5) is 0 Å². The van der Waals surface area contributed by atoms with Crippen molar-refractivity contribution in [3.05, 3.63) is 36.0 Å². The van der Waals surface area contributed by atoms with Crippen molar-refractivity contribution in [1.82, 2.24) is 0 Å². The van der Waals surface area contributed by atoms with Crippen molar-refractivity contribution < 1.29 is 4.79 Å². The van der Waals surface area contributed by atoms with E-state index in [1.807, 2.05) is 26.8 Å². The van der Waals surface area contributed by atoms with Crippen molar-refractivity contribution in [1.29, 1.82) is 0 Å². The van der Waals surface area contributed by atoms with E-state index in [0.29, 0.717) is 0 Å². The highest BCUT2D eigenvalue weighted by Crippen LogP contribution is 2.45. The van der Waals surface area contributed by atoms with E-state index < -0.39 is 0 Å². The fraction of sp³-hybridized carbons (Fsp3) is 0.533. The van der Waals surface area contributed by atoms with E-state index in [1.54, 1.807) is 0 Å². The van der Waals surface area contributed by atoms with Gasteiger partial charge in [-0.2, -0.15) is 0 Å². The molecule has 0 heterocycles. The van der Waals surface area contributed by atoms with E-state index in [0.717, 1.165) is 29.6 Å². The minimum absolute atomic E-state index is 0.0938. The topological polar surface area (TPSA) is 17.1 Å². The van der Waals surface area contributed by atoms with Crippen molar-refractivity contribution >= 4 is 5.78 Å². The van der Waals surface area contributed by atoms with Gasteiger partial charge in [0.25, 0.3) is 0 Å². The smallest absolute Gasteiger partial charge is 0.166 e. The van der Waals surface area contributed by atoms with Gasteiger partial charge in [-0.15, -0.1) is 6.58 Å². The minimum atomic E-state index is -0.123. The summed E-state index contributed by atoms with van der Waals surface area (Å²) in [5, 5.41) is 0. The maximum Gasteiger partial charge on any atom is 0.166 e. The van der Waals surface area contributed by atoms with E-state index in [-0.39, 0.29) is 17.1 Å². The molecule has 0 amide bonds. The van der Waals surface area contributed by atoms with Gasteiger partial charge in [0.2, 0.25) is 0 Å². The highest BCUT2D eigenvalue weighted by Gasteiger charge is 2.42. The Balaban J connectivity index is 3.22. The predicted molar refractivity (Wildman–Crippen MR) is 69.2 cm³/mol. The van der Waals surface area contributed by atoms with Gasteiger partial charge in [-0.25, -0.2) is 0 Å². The average molecular weight is 218 g/mol. The predicted octanol–water partition coefficient (Wildman–Crippen LogP) is 4.07. The van der Waals surface area contributed by atoms with Crippen LogP contribution >= 0.6 is 0 Å². The van der Waals surface area contributed by atoms with Crippen LogP contribution in [-0.4, -0.2) is 5.78 Å². The Morgan fingerprint density at radius 2 is 2.00 bits per heavy atom. The third kappa shape index (κ3) is 2.04. The Bertz CT molecular complexity index is 369. The maximum absolute atomic E-state index is 12.4. The number of carbonyl (C=O) groups is 1. The molecule has 0 aromatic heterocycles. The first-order chi connectivity index (χ1) is 7.33. The molecule has 0 N–H and O–H groups in total. The Morgan fingerprint density at radius 1 is 1.44 bits per heavy atom. The standard InChI is InChI=1S/C15H22O/c1-7-15(6)9-8-12(10(2)3)14(16)13(15)11(4)5/h7,13H,1,4,8-9H2,2-3,5-6H3.